The van der Waals surface area contributed by atoms with Gasteiger partial charge in [-0.15, -0.1) is 0 Å². The van der Waals surface area contributed by atoms with Crippen LogP contribution in [0.1, 0.15) is 10.5 Å². The first-order valence-electron chi connectivity index (χ1n) is 2.26. The maximum Gasteiger partial charge on any atom is 0.197 e. The first kappa shape index (κ1) is 6.35. The van der Waals surface area contributed by atoms with Crippen LogP contribution in [0.4, 0.5) is 0 Å². The van der Waals surface area contributed by atoms with Gasteiger partial charge in [0.1, 0.15) is 5.69 Å². The molecule has 0 saturated heterocycles. The quantitative estimate of drug-likeness (QED) is 0.487. The average molecular weight is 187 g/mol. The van der Waals surface area contributed by atoms with Crippen LogP contribution in [-0.2, 0) is 0 Å². The third-order valence-electron chi connectivity index (χ3n) is 0.768. The minimum Gasteiger partial charge on any atom is -0.296 e. The van der Waals surface area contributed by atoms with Gasteiger partial charge in [0.2, 0.25) is 0 Å². The van der Waals surface area contributed by atoms with Crippen LogP contribution in [0.25, 0.3) is 0 Å². The fraction of sp³-hybridized carbons (Fsp3) is 0. The molecule has 0 radical (unpaired) electrons. The van der Waals surface area contributed by atoms with Crippen molar-refractivity contribution in [3.8, 4) is 0 Å². The summed E-state index contributed by atoms with van der Waals surface area (Å²) in [6, 6.07) is 1.54. The van der Waals surface area contributed by atoms with Crippen molar-refractivity contribution in [2.45, 2.75) is 0 Å². The lowest BCUT2D eigenvalue weighted by molar-refractivity contribution is 0.111. The second kappa shape index (κ2) is 2.68. The summed E-state index contributed by atoms with van der Waals surface area (Å²) < 4.78 is 0.437. The Morgan fingerprint density at radius 3 is 2.89 bits per heavy atom. The number of nitrogens with zero attached hydrogens (tertiary/aromatic N) is 2. The average Bonchev–Trinajstić information content (AvgIpc) is 1.88. The summed E-state index contributed by atoms with van der Waals surface area (Å²) in [4.78, 5) is 17.5. The Hall–Kier alpha value is -0.770. The summed E-state index contributed by atoms with van der Waals surface area (Å²) in [5.74, 6) is 0. The van der Waals surface area contributed by atoms with Crippen molar-refractivity contribution in [3.05, 3.63) is 22.7 Å². The highest BCUT2D eigenvalue weighted by molar-refractivity contribution is 9.10. The van der Waals surface area contributed by atoms with E-state index in [-0.39, 0.29) is 0 Å². The van der Waals surface area contributed by atoms with E-state index < -0.39 is 0 Å². The number of hydrogen-bond donors (Lipinski definition) is 0. The molecule has 0 N–H and O–H groups in total. The summed E-state index contributed by atoms with van der Waals surface area (Å²) in [7, 11) is 0. The second-order valence-electron chi connectivity index (χ2n) is 1.37. The predicted molar refractivity (Wildman–Crippen MR) is 35.1 cm³/mol. The standard InChI is InChI=1S/C5H3BrN2O/c6-5-7-2-1-4(3-9)8-5/h1-3H. The third-order valence-corrected chi connectivity index (χ3v) is 1.15. The Kier molecular flexibility index (Phi) is 1.89. The number of aromatic nitrogens is 2. The maximum atomic E-state index is 10.0. The molecule has 0 aliphatic rings. The van der Waals surface area contributed by atoms with E-state index in [0.29, 0.717) is 16.7 Å². The van der Waals surface area contributed by atoms with E-state index in [1.807, 2.05) is 0 Å². The Morgan fingerprint density at radius 1 is 1.67 bits per heavy atom. The van der Waals surface area contributed by atoms with Gasteiger partial charge in [-0.05, 0) is 22.0 Å². The molecule has 0 aliphatic heterocycles. The number of aldehydes is 1. The normalized spacial score (nSPS) is 9.00. The molecule has 46 valence electrons. The minimum atomic E-state index is 0.386. The zero-order valence-electron chi connectivity index (χ0n) is 4.41. The van der Waals surface area contributed by atoms with Gasteiger partial charge in [0, 0.05) is 6.20 Å². The van der Waals surface area contributed by atoms with Gasteiger partial charge in [-0.3, -0.25) is 4.79 Å². The van der Waals surface area contributed by atoms with Gasteiger partial charge in [0.25, 0.3) is 0 Å². The highest BCUT2D eigenvalue weighted by Gasteiger charge is 1.90. The molecule has 1 aromatic heterocycles. The van der Waals surface area contributed by atoms with Gasteiger partial charge < -0.3 is 0 Å². The van der Waals surface area contributed by atoms with E-state index in [4.69, 9.17) is 0 Å². The molecule has 0 aromatic carbocycles. The third kappa shape index (κ3) is 1.57. The monoisotopic (exact) mass is 186 g/mol. The van der Waals surface area contributed by atoms with Crippen molar-refractivity contribution in [2.24, 2.45) is 0 Å². The highest BCUT2D eigenvalue weighted by atomic mass is 79.9. The van der Waals surface area contributed by atoms with Crippen LogP contribution in [0.5, 0.6) is 0 Å². The molecule has 0 aliphatic carbocycles. The fourth-order valence-corrected chi connectivity index (χ4v) is 0.736. The smallest absolute Gasteiger partial charge is 0.197 e. The van der Waals surface area contributed by atoms with Gasteiger partial charge in [-0.2, -0.15) is 0 Å². The molecule has 1 aromatic rings. The number of halogens is 1. The van der Waals surface area contributed by atoms with Crippen molar-refractivity contribution in [2.75, 3.05) is 0 Å². The van der Waals surface area contributed by atoms with Gasteiger partial charge >= 0.3 is 0 Å². The lowest BCUT2D eigenvalue weighted by Gasteiger charge is -1.86. The van der Waals surface area contributed by atoms with E-state index in [1.54, 1.807) is 0 Å². The second-order valence-corrected chi connectivity index (χ2v) is 2.08. The molecule has 1 rings (SSSR count). The molecule has 0 unspecified atom stereocenters. The van der Waals surface area contributed by atoms with E-state index in [2.05, 4.69) is 25.9 Å². The Morgan fingerprint density at radius 2 is 2.44 bits per heavy atom. The van der Waals surface area contributed by atoms with Crippen LogP contribution < -0.4 is 0 Å². The highest BCUT2D eigenvalue weighted by Crippen LogP contribution is 1.99. The van der Waals surface area contributed by atoms with E-state index >= 15 is 0 Å². The van der Waals surface area contributed by atoms with Gasteiger partial charge in [-0.1, -0.05) is 0 Å². The lowest BCUT2D eigenvalue weighted by Crippen LogP contribution is -1.87. The van der Waals surface area contributed by atoms with Gasteiger partial charge in [0.05, 0.1) is 0 Å². The molecule has 0 saturated carbocycles. The van der Waals surface area contributed by atoms with Crippen LogP contribution in [0.3, 0.4) is 0 Å². The lowest BCUT2D eigenvalue weighted by atomic mass is 10.5. The van der Waals surface area contributed by atoms with Gasteiger partial charge in [0.15, 0.2) is 11.0 Å². The molecule has 1 heterocycles. The number of carbonyl (C=O) groups excluding carboxylic acids is 1. The molecule has 0 spiro atoms. The first-order valence-corrected chi connectivity index (χ1v) is 3.06. The first-order chi connectivity index (χ1) is 4.33. The van der Waals surface area contributed by atoms with E-state index in [9.17, 15) is 4.79 Å². The molecular formula is C5H3BrN2O. The summed E-state index contributed by atoms with van der Waals surface area (Å²) in [5, 5.41) is 0. The SMILES string of the molecule is O=Cc1ccnc(Br)n1. The Balaban J connectivity index is 3.07. The van der Waals surface area contributed by atoms with Crippen LogP contribution in [-0.4, -0.2) is 16.3 Å². The topological polar surface area (TPSA) is 42.9 Å². The predicted octanol–water partition coefficient (Wildman–Crippen LogP) is 1.05. The van der Waals surface area contributed by atoms with Crippen LogP contribution in [0, 0.1) is 0 Å². The molecule has 3 nitrogen and oxygen atoms in total. The summed E-state index contributed by atoms with van der Waals surface area (Å²) in [6.45, 7) is 0. The molecule has 0 bridgehead atoms. The van der Waals surface area contributed by atoms with Gasteiger partial charge in [-0.25, -0.2) is 9.97 Å². The van der Waals surface area contributed by atoms with E-state index in [0.717, 1.165) is 0 Å². The van der Waals surface area contributed by atoms with Crippen molar-refractivity contribution in [1.82, 2.24) is 9.97 Å². The summed E-state index contributed by atoms with van der Waals surface area (Å²) in [6.07, 6.45) is 2.19. The molecule has 0 fully saturated rings. The molecule has 4 heteroatoms. The zero-order valence-corrected chi connectivity index (χ0v) is 6.00. The molecule has 0 amide bonds. The number of hydrogen-bond acceptors (Lipinski definition) is 3. The summed E-state index contributed by atoms with van der Waals surface area (Å²) in [5.41, 5.74) is 0.386. The van der Waals surface area contributed by atoms with Crippen molar-refractivity contribution >= 4 is 22.2 Å². The Labute approximate surface area is 60.3 Å². The van der Waals surface area contributed by atoms with Crippen LogP contribution in [0.15, 0.2) is 17.0 Å². The zero-order chi connectivity index (χ0) is 6.69. The fourth-order valence-electron chi connectivity index (χ4n) is 0.413. The molecule has 9 heavy (non-hydrogen) atoms. The Bertz CT molecular complexity index is 226. The molecular weight excluding hydrogens is 184 g/mol. The largest absolute Gasteiger partial charge is 0.296 e. The maximum absolute atomic E-state index is 10.0. The van der Waals surface area contributed by atoms with Crippen molar-refractivity contribution in [3.63, 3.8) is 0 Å². The summed E-state index contributed by atoms with van der Waals surface area (Å²) >= 11 is 3.02. The van der Waals surface area contributed by atoms with E-state index in [1.165, 1.54) is 12.3 Å². The van der Waals surface area contributed by atoms with Crippen molar-refractivity contribution < 1.29 is 4.79 Å². The minimum absolute atomic E-state index is 0.386. The van der Waals surface area contributed by atoms with Crippen molar-refractivity contribution in [1.29, 1.82) is 0 Å². The van der Waals surface area contributed by atoms with Crippen LogP contribution >= 0.6 is 15.9 Å². The molecule has 0 atom stereocenters. The number of rotatable bonds is 1. The van der Waals surface area contributed by atoms with Crippen LogP contribution in [0.2, 0.25) is 0 Å². The number of carbonyl (C=O) groups is 1.